The molecule has 2 aliphatic heterocycles. The van der Waals surface area contributed by atoms with Crippen molar-refractivity contribution in [1.29, 1.82) is 0 Å². The molecule has 0 saturated carbocycles. The first-order valence-corrected chi connectivity index (χ1v) is 6.09. The molecule has 0 aromatic heterocycles. The largest absolute Gasteiger partial charge is 0.481 e. The lowest BCUT2D eigenvalue weighted by Gasteiger charge is -2.32. The second-order valence-electron chi connectivity index (χ2n) is 4.67. The first kappa shape index (κ1) is 12.7. The molecule has 98 valence electrons. The van der Waals surface area contributed by atoms with E-state index in [1.807, 2.05) is 6.08 Å². The SMILES string of the molecule is C=CCOC(=O)N1C2C=C(CC(=O)O)CC1CC2. The molecule has 1 amide bonds. The molecule has 0 spiro atoms. The van der Waals surface area contributed by atoms with Gasteiger partial charge in [-0.15, -0.1) is 0 Å². The van der Waals surface area contributed by atoms with Gasteiger partial charge in [0.2, 0.25) is 0 Å². The average Bonchev–Trinajstić information content (AvgIpc) is 2.57. The molecule has 0 aromatic rings. The number of fused-ring (bicyclic) bond motifs is 2. The molecule has 0 aliphatic carbocycles. The second kappa shape index (κ2) is 5.25. The van der Waals surface area contributed by atoms with Crippen LogP contribution in [0.1, 0.15) is 25.7 Å². The van der Waals surface area contributed by atoms with E-state index in [0.717, 1.165) is 18.4 Å². The van der Waals surface area contributed by atoms with E-state index in [0.29, 0.717) is 6.42 Å². The lowest BCUT2D eigenvalue weighted by Crippen LogP contribution is -2.43. The molecular weight excluding hydrogens is 234 g/mol. The average molecular weight is 251 g/mol. The summed E-state index contributed by atoms with van der Waals surface area (Å²) in [6.07, 6.45) is 5.63. The number of rotatable bonds is 4. The molecule has 2 atom stereocenters. The highest BCUT2D eigenvalue weighted by Gasteiger charge is 2.40. The Bertz CT molecular complexity index is 402. The standard InChI is InChI=1S/C13H17NO4/c1-2-5-18-13(17)14-10-3-4-11(14)7-9(6-10)8-12(15)16/h2,6,10-11H,1,3-5,7-8H2,(H,15,16). The maximum absolute atomic E-state index is 11.9. The monoisotopic (exact) mass is 251 g/mol. The third-order valence-corrected chi connectivity index (χ3v) is 3.39. The zero-order chi connectivity index (χ0) is 13.1. The van der Waals surface area contributed by atoms with Gasteiger partial charge >= 0.3 is 12.1 Å². The summed E-state index contributed by atoms with van der Waals surface area (Å²) in [5, 5.41) is 8.79. The molecule has 0 aromatic carbocycles. The van der Waals surface area contributed by atoms with Gasteiger partial charge in [0, 0.05) is 6.04 Å². The number of hydrogen-bond donors (Lipinski definition) is 1. The molecule has 2 heterocycles. The highest BCUT2D eigenvalue weighted by molar-refractivity contribution is 5.72. The van der Waals surface area contributed by atoms with E-state index in [-0.39, 0.29) is 31.2 Å². The van der Waals surface area contributed by atoms with E-state index in [1.54, 1.807) is 4.90 Å². The van der Waals surface area contributed by atoms with Crippen molar-refractivity contribution in [1.82, 2.24) is 4.90 Å². The van der Waals surface area contributed by atoms with E-state index >= 15 is 0 Å². The van der Waals surface area contributed by atoms with Crippen LogP contribution in [0.5, 0.6) is 0 Å². The van der Waals surface area contributed by atoms with Crippen molar-refractivity contribution in [2.75, 3.05) is 6.61 Å². The maximum atomic E-state index is 11.9. The molecule has 1 N–H and O–H groups in total. The Morgan fingerprint density at radius 2 is 2.33 bits per heavy atom. The summed E-state index contributed by atoms with van der Waals surface area (Å²) in [6.45, 7) is 3.71. The van der Waals surface area contributed by atoms with Crippen LogP contribution in [0, 0.1) is 0 Å². The summed E-state index contributed by atoms with van der Waals surface area (Å²) < 4.78 is 5.05. The molecule has 0 radical (unpaired) electrons. The highest BCUT2D eigenvalue weighted by atomic mass is 16.6. The van der Waals surface area contributed by atoms with E-state index in [1.165, 1.54) is 6.08 Å². The van der Waals surface area contributed by atoms with Crippen LogP contribution in [0.3, 0.4) is 0 Å². The van der Waals surface area contributed by atoms with Crippen LogP contribution in [-0.2, 0) is 9.53 Å². The number of amides is 1. The molecule has 5 nitrogen and oxygen atoms in total. The smallest absolute Gasteiger partial charge is 0.410 e. The third kappa shape index (κ3) is 2.55. The summed E-state index contributed by atoms with van der Waals surface area (Å²) in [4.78, 5) is 24.3. The van der Waals surface area contributed by atoms with Crippen molar-refractivity contribution in [3.8, 4) is 0 Å². The topological polar surface area (TPSA) is 66.8 Å². The van der Waals surface area contributed by atoms with Gasteiger partial charge in [-0.2, -0.15) is 0 Å². The molecule has 2 bridgehead atoms. The maximum Gasteiger partial charge on any atom is 0.410 e. The minimum Gasteiger partial charge on any atom is -0.481 e. The molecule has 18 heavy (non-hydrogen) atoms. The zero-order valence-corrected chi connectivity index (χ0v) is 10.2. The normalized spacial score (nSPS) is 25.6. The minimum absolute atomic E-state index is 0.00425. The van der Waals surface area contributed by atoms with E-state index in [2.05, 4.69) is 6.58 Å². The molecular formula is C13H17NO4. The van der Waals surface area contributed by atoms with Crippen LogP contribution in [0.15, 0.2) is 24.3 Å². The molecule has 2 aliphatic rings. The van der Waals surface area contributed by atoms with Gasteiger partial charge in [-0.25, -0.2) is 4.79 Å². The number of ether oxygens (including phenoxy) is 1. The Morgan fingerprint density at radius 3 is 2.94 bits per heavy atom. The lowest BCUT2D eigenvalue weighted by atomic mass is 9.99. The van der Waals surface area contributed by atoms with Gasteiger partial charge in [-0.05, 0) is 19.3 Å². The summed E-state index contributed by atoms with van der Waals surface area (Å²) in [5.41, 5.74) is 0.919. The summed E-state index contributed by atoms with van der Waals surface area (Å²) in [6, 6.07) is 0.0853. The van der Waals surface area contributed by atoms with E-state index in [4.69, 9.17) is 9.84 Å². The number of carbonyl (C=O) groups is 2. The van der Waals surface area contributed by atoms with Gasteiger partial charge in [0.25, 0.3) is 0 Å². The molecule has 2 rings (SSSR count). The van der Waals surface area contributed by atoms with Gasteiger partial charge in [0.15, 0.2) is 0 Å². The molecule has 5 heteroatoms. The van der Waals surface area contributed by atoms with Crippen molar-refractivity contribution in [3.63, 3.8) is 0 Å². The van der Waals surface area contributed by atoms with Gasteiger partial charge in [-0.3, -0.25) is 9.69 Å². The minimum atomic E-state index is -0.816. The number of nitrogens with zero attached hydrogens (tertiary/aromatic N) is 1. The van der Waals surface area contributed by atoms with Gasteiger partial charge < -0.3 is 9.84 Å². The third-order valence-electron chi connectivity index (χ3n) is 3.39. The molecule has 1 saturated heterocycles. The van der Waals surface area contributed by atoms with Crippen LogP contribution >= 0.6 is 0 Å². The molecule has 1 fully saturated rings. The van der Waals surface area contributed by atoms with Crippen molar-refractivity contribution in [2.24, 2.45) is 0 Å². The van der Waals surface area contributed by atoms with E-state index in [9.17, 15) is 9.59 Å². The van der Waals surface area contributed by atoms with Gasteiger partial charge in [0.1, 0.15) is 6.61 Å². The first-order valence-electron chi connectivity index (χ1n) is 6.09. The first-order chi connectivity index (χ1) is 8.61. The van der Waals surface area contributed by atoms with E-state index < -0.39 is 5.97 Å². The lowest BCUT2D eigenvalue weighted by molar-refractivity contribution is -0.136. The van der Waals surface area contributed by atoms with Crippen molar-refractivity contribution >= 4 is 12.1 Å². The fourth-order valence-electron chi connectivity index (χ4n) is 2.73. The van der Waals surface area contributed by atoms with Crippen LogP contribution in [0.2, 0.25) is 0 Å². The molecule has 2 unspecified atom stereocenters. The van der Waals surface area contributed by atoms with Gasteiger partial charge in [-0.1, -0.05) is 24.3 Å². The Labute approximate surface area is 106 Å². The zero-order valence-electron chi connectivity index (χ0n) is 10.2. The number of aliphatic carboxylic acids is 1. The number of hydrogen-bond acceptors (Lipinski definition) is 3. The Morgan fingerprint density at radius 1 is 1.56 bits per heavy atom. The fourth-order valence-corrected chi connectivity index (χ4v) is 2.73. The van der Waals surface area contributed by atoms with Crippen LogP contribution in [0.4, 0.5) is 4.79 Å². The number of carboxylic acid groups (broad SMARTS) is 1. The predicted octanol–water partition coefficient (Wildman–Crippen LogP) is 1.95. The summed E-state index contributed by atoms with van der Waals surface area (Å²) in [5.74, 6) is -0.816. The van der Waals surface area contributed by atoms with Crippen LogP contribution < -0.4 is 0 Å². The Hall–Kier alpha value is -1.78. The quantitative estimate of drug-likeness (QED) is 0.775. The number of carboxylic acids is 1. The van der Waals surface area contributed by atoms with Gasteiger partial charge in [0.05, 0.1) is 12.5 Å². The Kier molecular flexibility index (Phi) is 3.69. The highest BCUT2D eigenvalue weighted by Crippen LogP contribution is 2.36. The summed E-state index contributed by atoms with van der Waals surface area (Å²) in [7, 11) is 0. The Balaban J connectivity index is 2.04. The fraction of sp³-hybridized carbons (Fsp3) is 0.538. The van der Waals surface area contributed by atoms with Crippen molar-refractivity contribution in [2.45, 2.75) is 37.8 Å². The van der Waals surface area contributed by atoms with Crippen molar-refractivity contribution < 1.29 is 19.4 Å². The van der Waals surface area contributed by atoms with Crippen molar-refractivity contribution in [3.05, 3.63) is 24.3 Å². The number of carbonyl (C=O) groups excluding carboxylic acids is 1. The van der Waals surface area contributed by atoms with Crippen LogP contribution in [0.25, 0.3) is 0 Å². The predicted molar refractivity (Wildman–Crippen MR) is 65.1 cm³/mol. The second-order valence-corrected chi connectivity index (χ2v) is 4.67. The summed E-state index contributed by atoms with van der Waals surface area (Å²) >= 11 is 0. The van der Waals surface area contributed by atoms with Crippen LogP contribution in [-0.4, -0.2) is 40.8 Å².